The van der Waals surface area contributed by atoms with Gasteiger partial charge in [-0.05, 0) is 38.7 Å². The second-order valence-electron chi connectivity index (χ2n) is 6.25. The monoisotopic (exact) mass is 329 g/mol. The zero-order chi connectivity index (χ0) is 17.7. The molecule has 1 aromatic heterocycles. The van der Waals surface area contributed by atoms with Crippen molar-refractivity contribution in [2.75, 3.05) is 21.2 Å². The molecule has 5 nitrogen and oxygen atoms in total. The van der Waals surface area contributed by atoms with Gasteiger partial charge in [-0.25, -0.2) is 4.79 Å². The molecule has 1 aromatic carbocycles. The van der Waals surface area contributed by atoms with Gasteiger partial charge in [0.05, 0.1) is 7.11 Å². The smallest absolute Gasteiger partial charge is 0.354 e. The van der Waals surface area contributed by atoms with Gasteiger partial charge < -0.3 is 19.5 Å². The maximum absolute atomic E-state index is 11.7. The number of methoxy groups -OCH3 is 1. The average Bonchev–Trinajstić information content (AvgIpc) is 2.94. The Labute approximate surface area is 144 Å². The molecule has 0 bridgehead atoms. The quantitative estimate of drug-likeness (QED) is 0.793. The van der Waals surface area contributed by atoms with Gasteiger partial charge in [-0.2, -0.15) is 0 Å². The number of aromatic nitrogens is 1. The van der Waals surface area contributed by atoms with Gasteiger partial charge >= 0.3 is 5.97 Å². The molecule has 0 spiro atoms. The largest absolute Gasteiger partial charge is 0.464 e. The number of hydrogen-bond donors (Lipinski definition) is 1. The molecule has 5 heteroatoms. The van der Waals surface area contributed by atoms with Crippen LogP contribution < -0.4 is 5.32 Å². The number of ether oxygens (including phenoxy) is 1. The first-order chi connectivity index (χ1) is 11.5. The Bertz CT molecular complexity index is 665. The molecule has 0 amide bonds. The molecule has 0 aliphatic heterocycles. The first-order valence-electron chi connectivity index (χ1n) is 8.13. The first-order valence-corrected chi connectivity index (χ1v) is 8.13. The molecule has 2 rings (SSSR count). The van der Waals surface area contributed by atoms with E-state index in [1.807, 2.05) is 23.7 Å². The zero-order valence-corrected chi connectivity index (χ0v) is 15.1. The lowest BCUT2D eigenvalue weighted by Gasteiger charge is -2.31. The number of nitrogens with one attached hydrogen (secondary N) is 1. The molecule has 0 unspecified atom stereocenters. The number of likely N-dealkylation sites (N-methyl/N-ethyl adjacent to an activating group) is 1. The highest BCUT2D eigenvalue weighted by Crippen LogP contribution is 2.22. The zero-order valence-electron chi connectivity index (χ0n) is 15.1. The predicted octanol–water partition coefficient (Wildman–Crippen LogP) is 2.59. The lowest BCUT2D eigenvalue weighted by Crippen LogP contribution is -2.39. The van der Waals surface area contributed by atoms with E-state index in [1.54, 1.807) is 6.07 Å². The van der Waals surface area contributed by atoms with Crippen LogP contribution in [-0.2, 0) is 18.3 Å². The summed E-state index contributed by atoms with van der Waals surface area (Å²) >= 11 is 0. The Hall–Kier alpha value is -2.11. The molecule has 2 atom stereocenters. The summed E-state index contributed by atoms with van der Waals surface area (Å²) in [5.74, 6) is -0.313. The van der Waals surface area contributed by atoms with Crippen LogP contribution in [0.3, 0.4) is 0 Å². The Morgan fingerprint density at radius 3 is 2.46 bits per heavy atom. The highest BCUT2D eigenvalue weighted by Gasteiger charge is 2.21. The van der Waals surface area contributed by atoms with Crippen molar-refractivity contribution < 1.29 is 9.53 Å². The van der Waals surface area contributed by atoms with Crippen LogP contribution in [0, 0.1) is 0 Å². The van der Waals surface area contributed by atoms with E-state index in [9.17, 15) is 4.79 Å². The van der Waals surface area contributed by atoms with Gasteiger partial charge in [0.25, 0.3) is 0 Å². The van der Waals surface area contributed by atoms with Crippen molar-refractivity contribution in [2.45, 2.75) is 25.6 Å². The number of esters is 1. The molecular formula is C19H27N3O2. The third-order valence-electron chi connectivity index (χ3n) is 4.40. The standard InChI is InChI=1S/C19H27N3O2/c1-14(18(21(2)3)15-9-7-6-8-10-15)20-13-16-11-12-17(22(16)4)19(23)24-5/h6-12,14,18,20H,13H2,1-5H3/t14-,18+/m1/s1. The van der Waals surface area contributed by atoms with Crippen molar-refractivity contribution in [1.82, 2.24) is 14.8 Å². The van der Waals surface area contributed by atoms with E-state index < -0.39 is 0 Å². The average molecular weight is 329 g/mol. The number of benzene rings is 1. The minimum atomic E-state index is -0.313. The number of nitrogens with zero attached hydrogens (tertiary/aromatic N) is 2. The van der Waals surface area contributed by atoms with Gasteiger partial charge in [0, 0.05) is 31.4 Å². The van der Waals surface area contributed by atoms with Crippen molar-refractivity contribution in [3.8, 4) is 0 Å². The summed E-state index contributed by atoms with van der Waals surface area (Å²) in [7, 11) is 7.47. The molecule has 1 heterocycles. The second kappa shape index (κ2) is 8.13. The van der Waals surface area contributed by atoms with Crippen molar-refractivity contribution >= 4 is 5.97 Å². The fourth-order valence-electron chi connectivity index (χ4n) is 3.10. The summed E-state index contributed by atoms with van der Waals surface area (Å²) in [5.41, 5.74) is 2.90. The summed E-state index contributed by atoms with van der Waals surface area (Å²) in [4.78, 5) is 13.9. The summed E-state index contributed by atoms with van der Waals surface area (Å²) in [5, 5.41) is 3.58. The van der Waals surface area contributed by atoms with Crippen LogP contribution in [0.4, 0.5) is 0 Å². The maximum atomic E-state index is 11.7. The minimum Gasteiger partial charge on any atom is -0.464 e. The fourth-order valence-corrected chi connectivity index (χ4v) is 3.10. The molecule has 130 valence electrons. The van der Waals surface area contributed by atoms with Gasteiger partial charge in [-0.15, -0.1) is 0 Å². The summed E-state index contributed by atoms with van der Waals surface area (Å²) in [6.07, 6.45) is 0. The normalized spacial score (nSPS) is 13.8. The van der Waals surface area contributed by atoms with E-state index in [0.29, 0.717) is 12.2 Å². The Morgan fingerprint density at radius 2 is 1.88 bits per heavy atom. The molecule has 0 aliphatic carbocycles. The van der Waals surface area contributed by atoms with Crippen LogP contribution in [0.2, 0.25) is 0 Å². The lowest BCUT2D eigenvalue weighted by atomic mass is 9.99. The first kappa shape index (κ1) is 18.2. The van der Waals surface area contributed by atoms with E-state index in [1.165, 1.54) is 12.7 Å². The number of carbonyl (C=O) groups excluding carboxylic acids is 1. The SMILES string of the molecule is COC(=O)c1ccc(CN[C@H](C)[C@@H](c2ccccc2)N(C)C)n1C. The number of rotatable bonds is 7. The van der Waals surface area contributed by atoms with Crippen LogP contribution in [0.5, 0.6) is 0 Å². The van der Waals surface area contributed by atoms with Crippen molar-refractivity contribution in [3.05, 3.63) is 59.4 Å². The van der Waals surface area contributed by atoms with Crippen LogP contribution in [0.15, 0.2) is 42.5 Å². The summed E-state index contributed by atoms with van der Waals surface area (Å²) in [6, 6.07) is 14.8. The van der Waals surface area contributed by atoms with E-state index in [2.05, 4.69) is 55.5 Å². The van der Waals surface area contributed by atoms with Gasteiger partial charge in [0.2, 0.25) is 0 Å². The van der Waals surface area contributed by atoms with Gasteiger partial charge in [-0.3, -0.25) is 0 Å². The summed E-state index contributed by atoms with van der Waals surface area (Å²) in [6.45, 7) is 2.87. The van der Waals surface area contributed by atoms with E-state index >= 15 is 0 Å². The van der Waals surface area contributed by atoms with Crippen LogP contribution >= 0.6 is 0 Å². The highest BCUT2D eigenvalue weighted by atomic mass is 16.5. The Morgan fingerprint density at radius 1 is 1.21 bits per heavy atom. The molecule has 0 saturated heterocycles. The van der Waals surface area contributed by atoms with E-state index in [-0.39, 0.29) is 18.1 Å². The van der Waals surface area contributed by atoms with Crippen molar-refractivity contribution in [3.63, 3.8) is 0 Å². The number of hydrogen-bond acceptors (Lipinski definition) is 4. The van der Waals surface area contributed by atoms with E-state index in [0.717, 1.165) is 5.69 Å². The fraction of sp³-hybridized carbons (Fsp3) is 0.421. The minimum absolute atomic E-state index is 0.249. The third-order valence-corrected chi connectivity index (χ3v) is 4.40. The molecule has 0 fully saturated rings. The van der Waals surface area contributed by atoms with Crippen molar-refractivity contribution in [1.29, 1.82) is 0 Å². The highest BCUT2D eigenvalue weighted by molar-refractivity contribution is 5.87. The molecular weight excluding hydrogens is 302 g/mol. The molecule has 0 saturated carbocycles. The van der Waals surface area contributed by atoms with Gasteiger partial charge in [0.15, 0.2) is 0 Å². The number of carbonyl (C=O) groups is 1. The topological polar surface area (TPSA) is 46.5 Å². The Balaban J connectivity index is 2.08. The van der Waals surface area contributed by atoms with Gasteiger partial charge in [-0.1, -0.05) is 30.3 Å². The predicted molar refractivity (Wildman–Crippen MR) is 95.9 cm³/mol. The molecule has 0 aliphatic rings. The summed E-state index contributed by atoms with van der Waals surface area (Å²) < 4.78 is 6.67. The lowest BCUT2D eigenvalue weighted by molar-refractivity contribution is 0.0589. The van der Waals surface area contributed by atoms with Crippen LogP contribution in [0.25, 0.3) is 0 Å². The second-order valence-corrected chi connectivity index (χ2v) is 6.25. The van der Waals surface area contributed by atoms with Crippen LogP contribution in [0.1, 0.15) is 34.7 Å². The molecule has 1 N–H and O–H groups in total. The Kier molecular flexibility index (Phi) is 6.17. The maximum Gasteiger partial charge on any atom is 0.354 e. The van der Waals surface area contributed by atoms with E-state index in [4.69, 9.17) is 4.74 Å². The molecule has 2 aromatic rings. The van der Waals surface area contributed by atoms with Crippen molar-refractivity contribution in [2.24, 2.45) is 7.05 Å². The van der Waals surface area contributed by atoms with Gasteiger partial charge in [0.1, 0.15) is 5.69 Å². The molecule has 0 radical (unpaired) electrons. The van der Waals surface area contributed by atoms with Crippen LogP contribution in [-0.4, -0.2) is 42.7 Å². The molecule has 24 heavy (non-hydrogen) atoms. The third kappa shape index (κ3) is 4.04.